The Hall–Kier alpha value is -2.67. The summed E-state index contributed by atoms with van der Waals surface area (Å²) in [7, 11) is 0. The van der Waals surface area contributed by atoms with Gasteiger partial charge >= 0.3 is 6.03 Å². The van der Waals surface area contributed by atoms with Gasteiger partial charge in [0.2, 0.25) is 0 Å². The second-order valence-corrected chi connectivity index (χ2v) is 9.24. The second kappa shape index (κ2) is 7.48. The van der Waals surface area contributed by atoms with E-state index in [1.54, 1.807) is 24.0 Å². The van der Waals surface area contributed by atoms with Crippen LogP contribution >= 0.6 is 0 Å². The van der Waals surface area contributed by atoms with Gasteiger partial charge in [-0.25, -0.2) is 13.6 Å². The summed E-state index contributed by atoms with van der Waals surface area (Å²) in [5.41, 5.74) is 0.242. The molecule has 1 aliphatic heterocycles. The number of rotatable bonds is 5. The lowest BCUT2D eigenvalue weighted by molar-refractivity contribution is -0.000412. The summed E-state index contributed by atoms with van der Waals surface area (Å²) in [6.45, 7) is 3.54. The highest BCUT2D eigenvalue weighted by molar-refractivity contribution is 6.08. The van der Waals surface area contributed by atoms with Crippen molar-refractivity contribution in [1.29, 1.82) is 0 Å². The maximum Gasteiger partial charge on any atom is 0.320 e. The molecule has 0 spiro atoms. The molecule has 31 heavy (non-hydrogen) atoms. The Morgan fingerprint density at radius 1 is 0.968 bits per heavy atom. The third-order valence-corrected chi connectivity index (χ3v) is 6.68. The number of hydrogen-bond donors (Lipinski definition) is 1. The number of urea groups is 1. The minimum atomic E-state index is -1.21. The maximum atomic E-state index is 13.9. The van der Waals surface area contributed by atoms with Crippen molar-refractivity contribution in [2.45, 2.75) is 50.8 Å². The smallest absolute Gasteiger partial charge is 0.320 e. The van der Waals surface area contributed by atoms with Gasteiger partial charge in [0, 0.05) is 40.9 Å². The summed E-state index contributed by atoms with van der Waals surface area (Å²) in [5.74, 6) is -0.782. The summed E-state index contributed by atoms with van der Waals surface area (Å²) in [4.78, 5) is 16.7. The molecule has 1 saturated heterocycles. The van der Waals surface area contributed by atoms with E-state index in [0.717, 1.165) is 36.8 Å². The highest BCUT2D eigenvalue weighted by Gasteiger charge is 2.37. The van der Waals surface area contributed by atoms with Crippen LogP contribution in [0.5, 0.6) is 0 Å². The maximum absolute atomic E-state index is 13.9. The number of carbonyl (C=O) groups excluding carboxylic acids is 1. The van der Waals surface area contributed by atoms with Crippen molar-refractivity contribution in [2.75, 3.05) is 19.6 Å². The van der Waals surface area contributed by atoms with Gasteiger partial charge in [0.25, 0.3) is 0 Å². The molecule has 2 fully saturated rings. The van der Waals surface area contributed by atoms with Gasteiger partial charge in [-0.1, -0.05) is 0 Å². The van der Waals surface area contributed by atoms with E-state index in [1.807, 2.05) is 9.47 Å². The Morgan fingerprint density at radius 3 is 2.13 bits per heavy atom. The van der Waals surface area contributed by atoms with Gasteiger partial charge < -0.3 is 19.5 Å². The molecule has 2 aliphatic rings. The number of fused-ring (bicyclic) bond motifs is 3. The van der Waals surface area contributed by atoms with Gasteiger partial charge in [-0.15, -0.1) is 0 Å². The largest absolute Gasteiger partial charge is 0.386 e. The molecule has 5 nitrogen and oxygen atoms in total. The first-order chi connectivity index (χ1) is 14.8. The van der Waals surface area contributed by atoms with Crippen molar-refractivity contribution < 1.29 is 18.7 Å². The lowest BCUT2D eigenvalue weighted by Crippen LogP contribution is -2.58. The van der Waals surface area contributed by atoms with E-state index < -0.39 is 17.2 Å². The normalized spacial score (nSPS) is 19.8. The Balaban J connectivity index is 1.45. The van der Waals surface area contributed by atoms with Gasteiger partial charge in [-0.2, -0.15) is 0 Å². The predicted molar refractivity (Wildman–Crippen MR) is 116 cm³/mol. The number of benzene rings is 2. The fraction of sp³-hybridized carbons (Fsp3) is 0.458. The molecule has 0 radical (unpaired) electrons. The number of amides is 2. The summed E-state index contributed by atoms with van der Waals surface area (Å²) in [5, 5.41) is 12.5. The molecule has 1 aromatic heterocycles. The quantitative estimate of drug-likeness (QED) is 0.652. The zero-order valence-corrected chi connectivity index (χ0v) is 17.7. The van der Waals surface area contributed by atoms with E-state index in [1.165, 1.54) is 30.7 Å². The number of carbonyl (C=O) groups is 1. The van der Waals surface area contributed by atoms with Crippen molar-refractivity contribution in [3.8, 4) is 0 Å². The lowest BCUT2D eigenvalue weighted by Gasteiger charge is -2.45. The third-order valence-electron chi connectivity index (χ3n) is 6.68. The van der Waals surface area contributed by atoms with Crippen LogP contribution in [0.25, 0.3) is 21.8 Å². The van der Waals surface area contributed by atoms with Crippen molar-refractivity contribution in [3.63, 3.8) is 0 Å². The van der Waals surface area contributed by atoms with Gasteiger partial charge in [0.1, 0.15) is 11.6 Å². The third kappa shape index (κ3) is 3.65. The number of halogens is 2. The van der Waals surface area contributed by atoms with Crippen molar-refractivity contribution in [2.24, 2.45) is 0 Å². The molecular formula is C24H27F2N3O2. The van der Waals surface area contributed by atoms with Crippen LogP contribution in [0.2, 0.25) is 0 Å². The van der Waals surface area contributed by atoms with Gasteiger partial charge in [0.05, 0.1) is 18.7 Å². The van der Waals surface area contributed by atoms with Crippen LogP contribution in [-0.2, 0) is 6.54 Å². The highest BCUT2D eigenvalue weighted by atomic mass is 19.1. The Kier molecular flexibility index (Phi) is 4.88. The van der Waals surface area contributed by atoms with Gasteiger partial charge in [-0.05, 0) is 69.0 Å². The first-order valence-corrected chi connectivity index (χ1v) is 11.0. The van der Waals surface area contributed by atoms with Crippen LogP contribution in [0.4, 0.5) is 13.6 Å². The molecule has 2 aromatic carbocycles. The van der Waals surface area contributed by atoms with E-state index in [-0.39, 0.29) is 19.1 Å². The van der Waals surface area contributed by atoms with E-state index in [9.17, 15) is 18.7 Å². The minimum absolute atomic E-state index is 0.00240. The lowest BCUT2D eigenvalue weighted by atomic mass is 9.91. The average Bonchev–Trinajstić information content (AvgIpc) is 2.95. The molecule has 1 saturated carbocycles. The zero-order valence-electron chi connectivity index (χ0n) is 17.7. The Bertz CT molecular complexity index is 1090. The number of aromatic nitrogens is 1. The molecule has 2 amide bonds. The molecule has 164 valence electrons. The molecule has 3 aromatic rings. The molecule has 1 aliphatic carbocycles. The number of hydrogen-bond acceptors (Lipinski definition) is 2. The first-order valence-electron chi connectivity index (χ1n) is 11.0. The van der Waals surface area contributed by atoms with Gasteiger partial charge in [0.15, 0.2) is 0 Å². The molecule has 0 bridgehead atoms. The van der Waals surface area contributed by atoms with Crippen LogP contribution < -0.4 is 0 Å². The molecule has 1 unspecified atom stereocenters. The van der Waals surface area contributed by atoms with E-state index in [2.05, 4.69) is 0 Å². The topological polar surface area (TPSA) is 48.7 Å². The highest BCUT2D eigenvalue weighted by Crippen LogP contribution is 2.32. The summed E-state index contributed by atoms with van der Waals surface area (Å²) in [6.07, 6.45) is 4.18. The summed E-state index contributed by atoms with van der Waals surface area (Å²) >= 11 is 0. The van der Waals surface area contributed by atoms with E-state index in [4.69, 9.17) is 0 Å². The monoisotopic (exact) mass is 427 g/mol. The van der Waals surface area contributed by atoms with E-state index >= 15 is 0 Å². The summed E-state index contributed by atoms with van der Waals surface area (Å²) < 4.78 is 29.7. The fourth-order valence-electron chi connectivity index (χ4n) is 5.01. The average molecular weight is 427 g/mol. The molecule has 2 heterocycles. The van der Waals surface area contributed by atoms with Crippen LogP contribution in [0.3, 0.4) is 0 Å². The number of nitrogens with zero attached hydrogens (tertiary/aromatic N) is 3. The Labute approximate surface area is 179 Å². The molecule has 5 rings (SSSR count). The van der Waals surface area contributed by atoms with Crippen LogP contribution in [0, 0.1) is 11.6 Å². The molecule has 1 atom stereocenters. The van der Waals surface area contributed by atoms with Crippen molar-refractivity contribution >= 4 is 27.8 Å². The van der Waals surface area contributed by atoms with Crippen LogP contribution in [0.1, 0.15) is 32.6 Å². The summed E-state index contributed by atoms with van der Waals surface area (Å²) in [6, 6.07) is 9.18. The number of aliphatic hydroxyl groups is 1. The first kappa shape index (κ1) is 20.2. The number of β-amino-alcohol motifs (C(OH)–C–C–N with tert-alkyl or cyclic N) is 1. The Morgan fingerprint density at radius 2 is 1.58 bits per heavy atom. The standard InChI is InChI=1S/C24H27F2N3O2/c1-24(31,14-27-10-3-11-28(23(27)30)18-4-2-5-18)15-29-21-8-6-16(25)12-19(21)20-13-17(26)7-9-22(20)29/h6-9,12-13,18,31H,2-5,10-11,14-15H2,1H3. The second-order valence-electron chi connectivity index (χ2n) is 9.24. The predicted octanol–water partition coefficient (Wildman–Crippen LogP) is 4.50. The SMILES string of the molecule is CC(O)(CN1CCCN(C2CCC2)C1=O)Cn1c2ccc(F)cc2c2cc(F)ccc21. The fourth-order valence-corrected chi connectivity index (χ4v) is 5.01. The van der Waals surface area contributed by atoms with Crippen molar-refractivity contribution in [1.82, 2.24) is 14.4 Å². The zero-order chi connectivity index (χ0) is 21.8. The molecule has 7 heteroatoms. The van der Waals surface area contributed by atoms with Crippen molar-refractivity contribution in [3.05, 3.63) is 48.0 Å². The van der Waals surface area contributed by atoms with E-state index in [0.29, 0.717) is 23.4 Å². The molecule has 1 N–H and O–H groups in total. The van der Waals surface area contributed by atoms with Gasteiger partial charge in [-0.3, -0.25) is 0 Å². The minimum Gasteiger partial charge on any atom is -0.386 e. The van der Waals surface area contributed by atoms with Crippen LogP contribution in [0.15, 0.2) is 36.4 Å². The molecular weight excluding hydrogens is 400 g/mol. The van der Waals surface area contributed by atoms with Crippen LogP contribution in [-0.4, -0.2) is 56.8 Å².